The molecule has 6 nitrogen and oxygen atoms in total. The molecule has 1 saturated heterocycles. The standard InChI is InChI=1S/C19H21N5O/c1-14-3-4-15(2)17(11-14)22-7-9-23(10-8-22)19(25)16-5-6-18-21-20-13-24(18)12-16/h3-6,11-13H,7-10H2,1-2H3. The Morgan fingerprint density at radius 3 is 2.64 bits per heavy atom. The van der Waals surface area contributed by atoms with Crippen molar-refractivity contribution < 1.29 is 4.79 Å². The molecule has 3 heterocycles. The first-order valence-electron chi connectivity index (χ1n) is 8.53. The van der Waals surface area contributed by atoms with E-state index in [-0.39, 0.29) is 5.91 Å². The summed E-state index contributed by atoms with van der Waals surface area (Å²) in [5.74, 6) is 0.0659. The van der Waals surface area contributed by atoms with Crippen molar-refractivity contribution in [2.45, 2.75) is 13.8 Å². The van der Waals surface area contributed by atoms with Crippen LogP contribution in [0.5, 0.6) is 0 Å². The van der Waals surface area contributed by atoms with Gasteiger partial charge in [-0.2, -0.15) is 0 Å². The smallest absolute Gasteiger partial charge is 0.255 e. The van der Waals surface area contributed by atoms with E-state index in [0.29, 0.717) is 5.56 Å². The van der Waals surface area contributed by atoms with E-state index in [1.165, 1.54) is 16.8 Å². The number of aryl methyl sites for hydroxylation is 2. The maximum Gasteiger partial charge on any atom is 0.255 e. The highest BCUT2D eigenvalue weighted by atomic mass is 16.2. The minimum Gasteiger partial charge on any atom is -0.368 e. The molecule has 0 radical (unpaired) electrons. The number of benzene rings is 1. The molecule has 25 heavy (non-hydrogen) atoms. The molecule has 6 heteroatoms. The number of pyridine rings is 1. The zero-order chi connectivity index (χ0) is 17.4. The van der Waals surface area contributed by atoms with Crippen molar-refractivity contribution in [3.8, 4) is 0 Å². The molecule has 3 aromatic rings. The number of amides is 1. The first-order valence-corrected chi connectivity index (χ1v) is 8.53. The Morgan fingerprint density at radius 2 is 1.84 bits per heavy atom. The molecule has 0 saturated carbocycles. The quantitative estimate of drug-likeness (QED) is 0.721. The fourth-order valence-corrected chi connectivity index (χ4v) is 3.35. The normalized spacial score (nSPS) is 15.0. The monoisotopic (exact) mass is 335 g/mol. The summed E-state index contributed by atoms with van der Waals surface area (Å²) >= 11 is 0. The van der Waals surface area contributed by atoms with E-state index >= 15 is 0 Å². The van der Waals surface area contributed by atoms with Gasteiger partial charge >= 0.3 is 0 Å². The van der Waals surface area contributed by atoms with Gasteiger partial charge < -0.3 is 9.80 Å². The van der Waals surface area contributed by atoms with E-state index in [9.17, 15) is 4.79 Å². The molecule has 0 bridgehead atoms. The Kier molecular flexibility index (Phi) is 3.87. The molecule has 0 spiro atoms. The van der Waals surface area contributed by atoms with Crippen LogP contribution in [0.15, 0.2) is 42.9 Å². The van der Waals surface area contributed by atoms with Crippen LogP contribution in [0.25, 0.3) is 5.65 Å². The lowest BCUT2D eigenvalue weighted by atomic mass is 10.1. The molecule has 2 aromatic heterocycles. The van der Waals surface area contributed by atoms with Gasteiger partial charge in [-0.1, -0.05) is 12.1 Å². The summed E-state index contributed by atoms with van der Waals surface area (Å²) in [5.41, 5.74) is 5.24. The first kappa shape index (κ1) is 15.6. The summed E-state index contributed by atoms with van der Waals surface area (Å²) in [6, 6.07) is 10.2. The highest BCUT2D eigenvalue weighted by Crippen LogP contribution is 2.23. The molecule has 1 amide bonds. The summed E-state index contributed by atoms with van der Waals surface area (Å²) in [4.78, 5) is 17.1. The highest BCUT2D eigenvalue weighted by molar-refractivity contribution is 5.94. The second-order valence-corrected chi connectivity index (χ2v) is 6.58. The van der Waals surface area contributed by atoms with Gasteiger partial charge in [0.15, 0.2) is 5.65 Å². The second-order valence-electron chi connectivity index (χ2n) is 6.58. The molecule has 1 aliphatic rings. The number of hydrogen-bond donors (Lipinski definition) is 0. The minimum absolute atomic E-state index is 0.0659. The molecule has 128 valence electrons. The van der Waals surface area contributed by atoms with E-state index in [1.54, 1.807) is 16.9 Å². The Labute approximate surface area is 146 Å². The Morgan fingerprint density at radius 1 is 1.04 bits per heavy atom. The van der Waals surface area contributed by atoms with E-state index in [1.807, 2.05) is 17.0 Å². The van der Waals surface area contributed by atoms with E-state index in [0.717, 1.165) is 31.8 Å². The van der Waals surface area contributed by atoms with Crippen molar-refractivity contribution in [3.63, 3.8) is 0 Å². The van der Waals surface area contributed by atoms with Gasteiger partial charge in [0.25, 0.3) is 5.91 Å². The maximum atomic E-state index is 12.8. The minimum atomic E-state index is 0.0659. The van der Waals surface area contributed by atoms with Crippen molar-refractivity contribution in [2.24, 2.45) is 0 Å². The van der Waals surface area contributed by atoms with Crippen LogP contribution in [-0.2, 0) is 0 Å². The molecule has 1 fully saturated rings. The molecule has 1 aliphatic heterocycles. The molecular weight excluding hydrogens is 314 g/mol. The third kappa shape index (κ3) is 2.95. The molecule has 4 rings (SSSR count). The van der Waals surface area contributed by atoms with Gasteiger partial charge in [-0.15, -0.1) is 10.2 Å². The third-order valence-electron chi connectivity index (χ3n) is 4.81. The van der Waals surface area contributed by atoms with Crippen molar-refractivity contribution in [3.05, 3.63) is 59.5 Å². The van der Waals surface area contributed by atoms with Gasteiger partial charge in [-0.3, -0.25) is 9.20 Å². The maximum absolute atomic E-state index is 12.8. The van der Waals surface area contributed by atoms with Crippen LogP contribution in [0.3, 0.4) is 0 Å². The highest BCUT2D eigenvalue weighted by Gasteiger charge is 2.23. The summed E-state index contributed by atoms with van der Waals surface area (Å²) in [6.07, 6.45) is 3.42. The second kappa shape index (κ2) is 6.20. The summed E-state index contributed by atoms with van der Waals surface area (Å²) in [7, 11) is 0. The van der Waals surface area contributed by atoms with E-state index in [4.69, 9.17) is 0 Å². The predicted octanol–water partition coefficient (Wildman–Crippen LogP) is 2.31. The van der Waals surface area contributed by atoms with Gasteiger partial charge in [0.1, 0.15) is 6.33 Å². The van der Waals surface area contributed by atoms with Crippen LogP contribution in [-0.4, -0.2) is 51.6 Å². The molecule has 1 aromatic carbocycles. The fourth-order valence-electron chi connectivity index (χ4n) is 3.35. The van der Waals surface area contributed by atoms with E-state index in [2.05, 4.69) is 47.1 Å². The van der Waals surface area contributed by atoms with Gasteiger partial charge in [-0.05, 0) is 43.2 Å². The van der Waals surface area contributed by atoms with Gasteiger partial charge in [0.05, 0.1) is 5.56 Å². The fraction of sp³-hybridized carbons (Fsp3) is 0.316. The summed E-state index contributed by atoms with van der Waals surface area (Å²) in [6.45, 7) is 7.42. The lowest BCUT2D eigenvalue weighted by molar-refractivity contribution is 0.0746. The third-order valence-corrected chi connectivity index (χ3v) is 4.81. The number of piperazine rings is 1. The first-order chi connectivity index (χ1) is 12.1. The lowest BCUT2D eigenvalue weighted by Gasteiger charge is -2.37. The number of hydrogen-bond acceptors (Lipinski definition) is 4. The van der Waals surface area contributed by atoms with Crippen molar-refractivity contribution >= 4 is 17.2 Å². The van der Waals surface area contributed by atoms with Crippen LogP contribution in [0, 0.1) is 13.8 Å². The lowest BCUT2D eigenvalue weighted by Crippen LogP contribution is -2.49. The van der Waals surface area contributed by atoms with E-state index < -0.39 is 0 Å². The van der Waals surface area contributed by atoms with Gasteiger partial charge in [-0.25, -0.2) is 0 Å². The van der Waals surface area contributed by atoms with Gasteiger partial charge in [0.2, 0.25) is 0 Å². The number of nitrogens with zero attached hydrogens (tertiary/aromatic N) is 5. The molecule has 0 unspecified atom stereocenters. The average molecular weight is 335 g/mol. The van der Waals surface area contributed by atoms with Crippen LogP contribution >= 0.6 is 0 Å². The Bertz CT molecular complexity index is 924. The zero-order valence-electron chi connectivity index (χ0n) is 14.5. The Hall–Kier alpha value is -2.89. The summed E-state index contributed by atoms with van der Waals surface area (Å²) < 4.78 is 1.78. The number of rotatable bonds is 2. The molecule has 0 atom stereocenters. The van der Waals surface area contributed by atoms with Crippen LogP contribution < -0.4 is 4.90 Å². The number of aromatic nitrogens is 3. The average Bonchev–Trinajstić information content (AvgIpc) is 3.11. The zero-order valence-corrected chi connectivity index (χ0v) is 14.5. The number of anilines is 1. The largest absolute Gasteiger partial charge is 0.368 e. The Balaban J connectivity index is 1.47. The molecular formula is C19H21N5O. The van der Waals surface area contributed by atoms with Crippen LogP contribution in [0.2, 0.25) is 0 Å². The van der Waals surface area contributed by atoms with Crippen molar-refractivity contribution in [1.29, 1.82) is 0 Å². The van der Waals surface area contributed by atoms with Crippen LogP contribution in [0.1, 0.15) is 21.5 Å². The van der Waals surface area contributed by atoms with Crippen molar-refractivity contribution in [1.82, 2.24) is 19.5 Å². The summed E-state index contributed by atoms with van der Waals surface area (Å²) in [5, 5.41) is 7.83. The topological polar surface area (TPSA) is 53.7 Å². The number of fused-ring (bicyclic) bond motifs is 1. The van der Waals surface area contributed by atoms with Gasteiger partial charge in [0, 0.05) is 38.1 Å². The van der Waals surface area contributed by atoms with Crippen LogP contribution in [0.4, 0.5) is 5.69 Å². The molecule has 0 N–H and O–H groups in total. The van der Waals surface area contributed by atoms with Crippen molar-refractivity contribution in [2.75, 3.05) is 31.1 Å². The number of carbonyl (C=O) groups is 1. The number of carbonyl (C=O) groups excluding carboxylic acids is 1. The predicted molar refractivity (Wildman–Crippen MR) is 97.0 cm³/mol. The SMILES string of the molecule is Cc1ccc(C)c(N2CCN(C(=O)c3ccc4nncn4c3)CC2)c1. The molecule has 0 aliphatic carbocycles.